The number of rotatable bonds is 13. The summed E-state index contributed by atoms with van der Waals surface area (Å²) in [4.78, 5) is 12.9. The molecule has 0 aliphatic carbocycles. The van der Waals surface area contributed by atoms with Gasteiger partial charge in [-0.05, 0) is 54.9 Å². The monoisotopic (exact) mass is 523 g/mol. The van der Waals surface area contributed by atoms with E-state index in [1.165, 1.54) is 0 Å². The molecule has 0 saturated heterocycles. The molecule has 3 aromatic rings. The highest BCUT2D eigenvalue weighted by Gasteiger charge is 2.33. The van der Waals surface area contributed by atoms with Crippen LogP contribution in [0.2, 0.25) is 0 Å². The van der Waals surface area contributed by atoms with Crippen LogP contribution in [-0.4, -0.2) is 37.0 Å². The van der Waals surface area contributed by atoms with E-state index < -0.39 is 33.3 Å². The van der Waals surface area contributed by atoms with Crippen LogP contribution in [0.25, 0.3) is 0 Å². The van der Waals surface area contributed by atoms with Crippen molar-refractivity contribution in [3.8, 4) is 0 Å². The van der Waals surface area contributed by atoms with Gasteiger partial charge in [-0.25, -0.2) is 13.2 Å². The maximum atomic E-state index is 13.5. The van der Waals surface area contributed by atoms with Gasteiger partial charge in [-0.15, -0.1) is 0 Å². The Kier molecular flexibility index (Phi) is 10.7. The van der Waals surface area contributed by atoms with Crippen molar-refractivity contribution in [2.24, 2.45) is 5.92 Å². The second kappa shape index (κ2) is 14.0. The van der Waals surface area contributed by atoms with Crippen LogP contribution in [0, 0.1) is 5.92 Å². The lowest BCUT2D eigenvalue weighted by Gasteiger charge is -2.28. The fourth-order valence-corrected chi connectivity index (χ4v) is 6.04. The van der Waals surface area contributed by atoms with E-state index in [2.05, 4.69) is 5.32 Å². The van der Waals surface area contributed by atoms with Crippen molar-refractivity contribution in [1.29, 1.82) is 0 Å². The molecular weight excluding hydrogens is 486 g/mol. The first-order valence-corrected chi connectivity index (χ1v) is 14.3. The number of alkyl carbamates (subject to hydrolysis) is 1. The summed E-state index contributed by atoms with van der Waals surface area (Å²) in [5.74, 6) is 0.317. The van der Waals surface area contributed by atoms with Gasteiger partial charge in [0.1, 0.15) is 6.61 Å². The summed E-state index contributed by atoms with van der Waals surface area (Å²) in [6.07, 6.45) is -0.291. The van der Waals surface area contributed by atoms with E-state index in [9.17, 15) is 18.3 Å². The van der Waals surface area contributed by atoms with Gasteiger partial charge in [0.05, 0.1) is 22.3 Å². The third-order valence-electron chi connectivity index (χ3n) is 6.36. The zero-order valence-electron chi connectivity index (χ0n) is 21.5. The first-order chi connectivity index (χ1) is 17.8. The van der Waals surface area contributed by atoms with Crippen molar-refractivity contribution >= 4 is 15.9 Å². The molecule has 2 N–H and O–H groups in total. The van der Waals surface area contributed by atoms with Gasteiger partial charge in [0.2, 0.25) is 0 Å². The van der Waals surface area contributed by atoms with E-state index in [-0.39, 0.29) is 17.9 Å². The summed E-state index contributed by atoms with van der Waals surface area (Å²) in [5, 5.41) is 13.3. The molecule has 3 aromatic carbocycles. The summed E-state index contributed by atoms with van der Waals surface area (Å²) in [5.41, 5.74) is 1.76. The van der Waals surface area contributed by atoms with Crippen LogP contribution >= 0.6 is 0 Å². The van der Waals surface area contributed by atoms with Crippen LogP contribution in [0.4, 0.5) is 4.79 Å². The molecule has 3 atom stereocenters. The van der Waals surface area contributed by atoms with E-state index >= 15 is 0 Å². The standard InChI is InChI=1S/C30H37NO5S/c1-23(2)18-19-27(37(34,35)26-16-10-5-11-17-26)21-29(32)28(20-24-12-6-3-7-13-24)31-30(33)36-22-25-14-8-4-9-15-25/h3-17,23,27-29,32H,18-22H2,1-2H3,(H,31,33). The second-order valence-corrected chi connectivity index (χ2v) is 12.0. The highest BCUT2D eigenvalue weighted by molar-refractivity contribution is 7.92. The van der Waals surface area contributed by atoms with Gasteiger partial charge >= 0.3 is 6.09 Å². The number of amides is 1. The van der Waals surface area contributed by atoms with E-state index in [1.807, 2.05) is 74.5 Å². The molecule has 0 radical (unpaired) electrons. The minimum absolute atomic E-state index is 0.000410. The predicted molar refractivity (Wildman–Crippen MR) is 146 cm³/mol. The molecular formula is C30H37NO5S. The lowest BCUT2D eigenvalue weighted by molar-refractivity contribution is 0.0951. The zero-order valence-corrected chi connectivity index (χ0v) is 22.3. The van der Waals surface area contributed by atoms with Gasteiger partial charge in [-0.3, -0.25) is 0 Å². The van der Waals surface area contributed by atoms with Crippen molar-refractivity contribution in [1.82, 2.24) is 5.32 Å². The van der Waals surface area contributed by atoms with Crippen LogP contribution < -0.4 is 5.32 Å². The Bertz CT molecular complexity index is 1180. The smallest absolute Gasteiger partial charge is 0.407 e. The fraction of sp³-hybridized carbons (Fsp3) is 0.367. The quantitative estimate of drug-likeness (QED) is 0.306. The van der Waals surface area contributed by atoms with Gasteiger partial charge in [-0.2, -0.15) is 0 Å². The van der Waals surface area contributed by atoms with Crippen molar-refractivity contribution in [2.45, 2.75) is 68.4 Å². The fourth-order valence-electron chi connectivity index (χ4n) is 4.22. The number of aliphatic hydroxyl groups excluding tert-OH is 1. The zero-order chi connectivity index (χ0) is 26.7. The number of sulfone groups is 1. The third-order valence-corrected chi connectivity index (χ3v) is 8.59. The Balaban J connectivity index is 1.78. The van der Waals surface area contributed by atoms with Gasteiger partial charge in [0, 0.05) is 0 Å². The van der Waals surface area contributed by atoms with E-state index in [0.29, 0.717) is 25.2 Å². The molecule has 0 bridgehead atoms. The van der Waals surface area contributed by atoms with E-state index in [0.717, 1.165) is 11.1 Å². The maximum absolute atomic E-state index is 13.5. The largest absolute Gasteiger partial charge is 0.445 e. The average molecular weight is 524 g/mol. The average Bonchev–Trinajstić information content (AvgIpc) is 2.91. The minimum Gasteiger partial charge on any atom is -0.445 e. The predicted octanol–water partition coefficient (Wildman–Crippen LogP) is 5.55. The van der Waals surface area contributed by atoms with Gasteiger partial charge in [0.25, 0.3) is 0 Å². The molecule has 6 nitrogen and oxygen atoms in total. The molecule has 3 unspecified atom stereocenters. The van der Waals surface area contributed by atoms with Crippen LogP contribution in [0.5, 0.6) is 0 Å². The molecule has 1 amide bonds. The Morgan fingerprint density at radius 2 is 1.38 bits per heavy atom. The summed E-state index contributed by atoms with van der Waals surface area (Å²) >= 11 is 0. The summed E-state index contributed by atoms with van der Waals surface area (Å²) in [6.45, 7) is 4.19. The van der Waals surface area contributed by atoms with Crippen LogP contribution in [0.15, 0.2) is 95.9 Å². The number of aliphatic hydroxyl groups is 1. The highest BCUT2D eigenvalue weighted by atomic mass is 32.2. The molecule has 198 valence electrons. The Morgan fingerprint density at radius 1 is 0.838 bits per heavy atom. The lowest BCUT2D eigenvalue weighted by atomic mass is 9.96. The first-order valence-electron chi connectivity index (χ1n) is 12.7. The van der Waals surface area contributed by atoms with E-state index in [4.69, 9.17) is 4.74 Å². The van der Waals surface area contributed by atoms with Gasteiger partial charge < -0.3 is 15.2 Å². The molecule has 0 heterocycles. The van der Waals surface area contributed by atoms with Gasteiger partial charge in [0.15, 0.2) is 9.84 Å². The number of ether oxygens (including phenoxy) is 1. The number of hydrogen-bond acceptors (Lipinski definition) is 5. The number of nitrogens with one attached hydrogen (secondary N) is 1. The van der Waals surface area contributed by atoms with Crippen LogP contribution in [-0.2, 0) is 27.6 Å². The highest BCUT2D eigenvalue weighted by Crippen LogP contribution is 2.26. The van der Waals surface area contributed by atoms with Crippen molar-refractivity contribution in [3.63, 3.8) is 0 Å². The second-order valence-electron chi connectivity index (χ2n) is 9.76. The molecule has 0 spiro atoms. The summed E-state index contributed by atoms with van der Waals surface area (Å²) in [6, 6.07) is 26.4. The number of hydrogen-bond donors (Lipinski definition) is 2. The number of carbonyl (C=O) groups excluding carboxylic acids is 1. The number of carbonyl (C=O) groups is 1. The lowest BCUT2D eigenvalue weighted by Crippen LogP contribution is -2.47. The molecule has 0 aliphatic rings. The Morgan fingerprint density at radius 3 is 1.95 bits per heavy atom. The summed E-state index contributed by atoms with van der Waals surface area (Å²) in [7, 11) is -3.68. The normalized spacial score (nSPS) is 14.1. The molecule has 37 heavy (non-hydrogen) atoms. The molecule has 0 aromatic heterocycles. The summed E-state index contributed by atoms with van der Waals surface area (Å²) < 4.78 is 32.4. The van der Waals surface area contributed by atoms with Crippen molar-refractivity contribution < 1.29 is 23.1 Å². The van der Waals surface area contributed by atoms with Crippen molar-refractivity contribution in [2.75, 3.05) is 0 Å². The number of benzene rings is 3. The molecule has 0 aliphatic heterocycles. The van der Waals surface area contributed by atoms with Crippen LogP contribution in [0.1, 0.15) is 44.2 Å². The SMILES string of the molecule is CC(C)CCC(CC(O)C(Cc1ccccc1)NC(=O)OCc1ccccc1)S(=O)(=O)c1ccccc1. The van der Waals surface area contributed by atoms with Gasteiger partial charge in [-0.1, -0.05) is 92.7 Å². The Labute approximate surface area is 220 Å². The Hall–Kier alpha value is -3.16. The molecule has 7 heteroatoms. The third kappa shape index (κ3) is 9.02. The molecule has 0 fully saturated rings. The molecule has 0 saturated carbocycles. The molecule has 3 rings (SSSR count). The minimum atomic E-state index is -3.68. The van der Waals surface area contributed by atoms with E-state index in [1.54, 1.807) is 30.3 Å². The van der Waals surface area contributed by atoms with Crippen LogP contribution in [0.3, 0.4) is 0 Å². The van der Waals surface area contributed by atoms with Crippen molar-refractivity contribution in [3.05, 3.63) is 102 Å². The maximum Gasteiger partial charge on any atom is 0.407 e. The first kappa shape index (κ1) is 28.4. The topological polar surface area (TPSA) is 92.7 Å².